The van der Waals surface area contributed by atoms with E-state index in [1.807, 2.05) is 24.3 Å². The van der Waals surface area contributed by atoms with Crippen LogP contribution in [0.2, 0.25) is 0 Å². The Morgan fingerprint density at radius 3 is 3.08 bits per heavy atom. The standard InChI is InChI=1S/C9H10N2O/c10-7-2-1-3-8-6(7)4-5-9(12)11-8/h1-5,9,11-12H,10H2. The molecular formula is C9H10N2O. The van der Waals surface area contributed by atoms with Crippen LogP contribution < -0.4 is 11.1 Å². The number of nitrogen functional groups attached to an aromatic ring is 1. The Labute approximate surface area is 70.5 Å². The van der Waals surface area contributed by atoms with Crippen LogP contribution in [0.5, 0.6) is 0 Å². The van der Waals surface area contributed by atoms with Crippen LogP contribution >= 0.6 is 0 Å². The zero-order valence-electron chi connectivity index (χ0n) is 6.49. The topological polar surface area (TPSA) is 58.3 Å². The van der Waals surface area contributed by atoms with Crippen molar-refractivity contribution in [2.24, 2.45) is 0 Å². The highest BCUT2D eigenvalue weighted by molar-refractivity contribution is 5.79. The van der Waals surface area contributed by atoms with Crippen LogP contribution in [0.25, 0.3) is 6.08 Å². The van der Waals surface area contributed by atoms with Crippen molar-refractivity contribution in [1.29, 1.82) is 0 Å². The van der Waals surface area contributed by atoms with Crippen LogP contribution in [-0.2, 0) is 0 Å². The summed E-state index contributed by atoms with van der Waals surface area (Å²) in [6.45, 7) is 0. The molecule has 62 valence electrons. The smallest absolute Gasteiger partial charge is 0.144 e. The lowest BCUT2D eigenvalue weighted by atomic mass is 10.1. The van der Waals surface area contributed by atoms with Crippen molar-refractivity contribution in [2.75, 3.05) is 11.1 Å². The first-order chi connectivity index (χ1) is 5.77. The maximum Gasteiger partial charge on any atom is 0.144 e. The highest BCUT2D eigenvalue weighted by atomic mass is 16.3. The SMILES string of the molecule is Nc1cccc2c1C=CC(O)N2. The summed E-state index contributed by atoms with van der Waals surface area (Å²) in [5.74, 6) is 0. The molecule has 0 radical (unpaired) electrons. The van der Waals surface area contributed by atoms with E-state index in [4.69, 9.17) is 5.73 Å². The van der Waals surface area contributed by atoms with Crippen LogP contribution in [0.1, 0.15) is 5.56 Å². The molecule has 0 bridgehead atoms. The summed E-state index contributed by atoms with van der Waals surface area (Å²) in [5.41, 5.74) is 8.27. The van der Waals surface area contributed by atoms with Crippen LogP contribution in [0.4, 0.5) is 11.4 Å². The van der Waals surface area contributed by atoms with Crippen molar-refractivity contribution >= 4 is 17.5 Å². The zero-order chi connectivity index (χ0) is 8.55. The number of benzene rings is 1. The highest BCUT2D eigenvalue weighted by Crippen LogP contribution is 2.26. The number of nitrogens with one attached hydrogen (secondary N) is 1. The average molecular weight is 162 g/mol. The van der Waals surface area contributed by atoms with Gasteiger partial charge in [0, 0.05) is 16.9 Å². The molecule has 4 N–H and O–H groups in total. The fourth-order valence-electron chi connectivity index (χ4n) is 1.29. The molecule has 12 heavy (non-hydrogen) atoms. The van der Waals surface area contributed by atoms with E-state index in [1.54, 1.807) is 6.08 Å². The third kappa shape index (κ3) is 1.04. The average Bonchev–Trinajstić information content (AvgIpc) is 2.04. The summed E-state index contributed by atoms with van der Waals surface area (Å²) in [5, 5.41) is 12.1. The summed E-state index contributed by atoms with van der Waals surface area (Å²) in [7, 11) is 0. The fourth-order valence-corrected chi connectivity index (χ4v) is 1.29. The molecule has 0 aromatic heterocycles. The number of rotatable bonds is 0. The van der Waals surface area contributed by atoms with Gasteiger partial charge in [0.1, 0.15) is 6.23 Å². The van der Waals surface area contributed by atoms with Gasteiger partial charge >= 0.3 is 0 Å². The van der Waals surface area contributed by atoms with Gasteiger partial charge in [-0.1, -0.05) is 12.1 Å². The Kier molecular flexibility index (Phi) is 1.52. The molecule has 1 heterocycles. The van der Waals surface area contributed by atoms with Crippen LogP contribution in [0, 0.1) is 0 Å². The van der Waals surface area contributed by atoms with Gasteiger partial charge in [-0.2, -0.15) is 0 Å². The van der Waals surface area contributed by atoms with Crippen LogP contribution in [0.15, 0.2) is 24.3 Å². The third-order valence-electron chi connectivity index (χ3n) is 1.89. The number of anilines is 2. The molecule has 0 aliphatic carbocycles. The fraction of sp³-hybridized carbons (Fsp3) is 0.111. The minimum Gasteiger partial charge on any atom is -0.398 e. The normalized spacial score (nSPS) is 19.9. The molecule has 1 aliphatic rings. The summed E-state index contributed by atoms with van der Waals surface area (Å²) in [4.78, 5) is 0. The van der Waals surface area contributed by atoms with Gasteiger partial charge in [0.15, 0.2) is 0 Å². The minimum atomic E-state index is -0.598. The Bertz CT molecular complexity index is 333. The monoisotopic (exact) mass is 162 g/mol. The Morgan fingerprint density at radius 1 is 1.42 bits per heavy atom. The van der Waals surface area contributed by atoms with Crippen molar-refractivity contribution in [3.63, 3.8) is 0 Å². The first-order valence-electron chi connectivity index (χ1n) is 3.78. The van der Waals surface area contributed by atoms with Crippen molar-refractivity contribution in [2.45, 2.75) is 6.23 Å². The van der Waals surface area contributed by atoms with Gasteiger partial charge in [-0.25, -0.2) is 0 Å². The number of nitrogens with two attached hydrogens (primary N) is 1. The Balaban J connectivity index is 2.53. The van der Waals surface area contributed by atoms with Crippen LogP contribution in [0.3, 0.4) is 0 Å². The molecule has 0 amide bonds. The molecule has 0 spiro atoms. The van der Waals surface area contributed by atoms with E-state index in [0.29, 0.717) is 0 Å². The number of aliphatic hydroxyl groups excluding tert-OH is 1. The second-order valence-electron chi connectivity index (χ2n) is 2.76. The van der Waals surface area contributed by atoms with Crippen molar-refractivity contribution in [3.8, 4) is 0 Å². The number of hydrogen-bond acceptors (Lipinski definition) is 3. The summed E-state index contributed by atoms with van der Waals surface area (Å²) in [6, 6.07) is 5.58. The molecule has 3 nitrogen and oxygen atoms in total. The molecule has 3 heteroatoms. The largest absolute Gasteiger partial charge is 0.398 e. The summed E-state index contributed by atoms with van der Waals surface area (Å²) in [6.07, 6.45) is 2.89. The van der Waals surface area contributed by atoms with Gasteiger partial charge in [0.2, 0.25) is 0 Å². The molecule has 0 saturated carbocycles. The molecule has 1 aliphatic heterocycles. The van der Waals surface area contributed by atoms with Crippen molar-refractivity contribution in [1.82, 2.24) is 0 Å². The minimum absolute atomic E-state index is 0.598. The van der Waals surface area contributed by atoms with Gasteiger partial charge in [-0.3, -0.25) is 0 Å². The van der Waals surface area contributed by atoms with E-state index in [-0.39, 0.29) is 0 Å². The van der Waals surface area contributed by atoms with E-state index in [2.05, 4.69) is 5.32 Å². The first kappa shape index (κ1) is 7.18. The molecule has 1 aromatic carbocycles. The molecular weight excluding hydrogens is 152 g/mol. The maximum absolute atomic E-state index is 9.21. The van der Waals surface area contributed by atoms with E-state index in [0.717, 1.165) is 16.9 Å². The van der Waals surface area contributed by atoms with Gasteiger partial charge < -0.3 is 16.2 Å². The second-order valence-corrected chi connectivity index (χ2v) is 2.76. The molecule has 2 rings (SSSR count). The molecule has 1 aromatic rings. The van der Waals surface area contributed by atoms with E-state index >= 15 is 0 Å². The number of fused-ring (bicyclic) bond motifs is 1. The van der Waals surface area contributed by atoms with Crippen molar-refractivity contribution in [3.05, 3.63) is 29.8 Å². The quantitative estimate of drug-likeness (QED) is 0.499. The predicted octanol–water partition coefficient (Wildman–Crippen LogP) is 1.03. The molecule has 1 unspecified atom stereocenters. The molecule has 0 fully saturated rings. The second kappa shape index (κ2) is 2.53. The van der Waals surface area contributed by atoms with E-state index in [1.165, 1.54) is 0 Å². The summed E-state index contributed by atoms with van der Waals surface area (Å²) >= 11 is 0. The predicted molar refractivity (Wildman–Crippen MR) is 49.5 cm³/mol. The Hall–Kier alpha value is -1.48. The molecule has 0 saturated heterocycles. The lowest BCUT2D eigenvalue weighted by Gasteiger charge is -2.18. The van der Waals surface area contributed by atoms with Gasteiger partial charge in [0.05, 0.1) is 0 Å². The van der Waals surface area contributed by atoms with Gasteiger partial charge in [0.25, 0.3) is 0 Å². The van der Waals surface area contributed by atoms with Crippen molar-refractivity contribution < 1.29 is 5.11 Å². The Morgan fingerprint density at radius 2 is 2.25 bits per heavy atom. The van der Waals surface area contributed by atoms with E-state index < -0.39 is 6.23 Å². The third-order valence-corrected chi connectivity index (χ3v) is 1.89. The first-order valence-corrected chi connectivity index (χ1v) is 3.78. The lowest BCUT2D eigenvalue weighted by molar-refractivity contribution is 0.252. The van der Waals surface area contributed by atoms with Gasteiger partial charge in [-0.05, 0) is 18.2 Å². The lowest BCUT2D eigenvalue weighted by Crippen LogP contribution is -2.19. The maximum atomic E-state index is 9.21. The number of aliphatic hydroxyl groups is 1. The zero-order valence-corrected chi connectivity index (χ0v) is 6.49. The highest BCUT2D eigenvalue weighted by Gasteiger charge is 2.10. The number of hydrogen-bond donors (Lipinski definition) is 3. The summed E-state index contributed by atoms with van der Waals surface area (Å²) < 4.78 is 0. The molecule has 1 atom stereocenters. The van der Waals surface area contributed by atoms with Crippen LogP contribution in [-0.4, -0.2) is 11.3 Å². The van der Waals surface area contributed by atoms with E-state index in [9.17, 15) is 5.11 Å². The van der Waals surface area contributed by atoms with Gasteiger partial charge in [-0.15, -0.1) is 0 Å².